The first-order chi connectivity index (χ1) is 13.6. The number of halogens is 1. The summed E-state index contributed by atoms with van der Waals surface area (Å²) in [6.07, 6.45) is 0. The van der Waals surface area contributed by atoms with Crippen LogP contribution in [0.15, 0.2) is 52.1 Å². The molecular formula is C18H13ClN4O4S. The number of nitrogens with zero attached hydrogens (tertiary/aromatic N) is 3. The number of H-pyrrole nitrogens is 1. The zero-order valence-electron chi connectivity index (χ0n) is 14.5. The molecular weight excluding hydrogens is 404 g/mol. The van der Waals surface area contributed by atoms with Gasteiger partial charge in [0.25, 0.3) is 5.69 Å². The topological polar surface area (TPSA) is 108 Å². The van der Waals surface area contributed by atoms with Gasteiger partial charge in [0.15, 0.2) is 16.9 Å². The van der Waals surface area contributed by atoms with Gasteiger partial charge in [-0.3, -0.25) is 4.79 Å². The number of aromatic nitrogens is 4. The summed E-state index contributed by atoms with van der Waals surface area (Å²) in [5, 5.41) is 16.8. The Bertz CT molecular complexity index is 1140. The van der Waals surface area contributed by atoms with Crippen molar-refractivity contribution in [3.05, 3.63) is 53.2 Å². The number of thioether (sulfide) groups is 1. The Hall–Kier alpha value is -3.04. The molecule has 4 rings (SSSR count). The van der Waals surface area contributed by atoms with Gasteiger partial charge in [-0.1, -0.05) is 35.5 Å². The molecule has 0 radical (unpaired) electrons. The van der Waals surface area contributed by atoms with Crippen LogP contribution in [-0.2, 0) is 0 Å². The number of hydrogen-bond donors (Lipinski definition) is 1. The molecule has 4 aromatic rings. The van der Waals surface area contributed by atoms with E-state index in [0.29, 0.717) is 21.6 Å². The lowest BCUT2D eigenvalue weighted by atomic mass is 10.2. The van der Waals surface area contributed by atoms with E-state index in [-0.39, 0.29) is 11.4 Å². The third kappa shape index (κ3) is 3.41. The lowest BCUT2D eigenvalue weighted by Gasteiger charge is -2.03. The lowest BCUT2D eigenvalue weighted by Crippen LogP contribution is -2.40. The third-order valence-electron chi connectivity index (χ3n) is 3.95. The number of methoxy groups -OCH3 is 1. The molecule has 10 heteroatoms. The highest BCUT2D eigenvalue weighted by atomic mass is 35.5. The second-order valence-electron chi connectivity index (χ2n) is 5.71. The molecule has 0 aliphatic heterocycles. The second kappa shape index (κ2) is 7.53. The molecule has 0 bridgehead atoms. The monoisotopic (exact) mass is 416 g/mol. The van der Waals surface area contributed by atoms with Crippen LogP contribution in [-0.4, -0.2) is 33.9 Å². The Morgan fingerprint density at radius 3 is 2.96 bits per heavy atom. The molecule has 0 unspecified atom stereocenters. The molecule has 0 aliphatic carbocycles. The zero-order chi connectivity index (χ0) is 19.7. The standard InChI is InChI=1S/C18H13ClN4O4S/c1-26-15-8-10(19)6-7-13(15)23-16(17(25)27-22-23)14(24)9-28-18-20-11-4-2-3-5-12(11)21-18/h2-8H,9H2,1H3,(H-,20,21,22,24,25). The third-order valence-corrected chi connectivity index (χ3v) is 5.06. The number of para-hydroxylation sites is 2. The minimum Gasteiger partial charge on any atom is -0.539 e. The first-order valence-corrected chi connectivity index (χ1v) is 9.47. The van der Waals surface area contributed by atoms with Crippen LogP contribution in [0.3, 0.4) is 0 Å². The molecule has 142 valence electrons. The van der Waals surface area contributed by atoms with Crippen LogP contribution in [0, 0.1) is 0 Å². The summed E-state index contributed by atoms with van der Waals surface area (Å²) in [6.45, 7) is 0. The van der Waals surface area contributed by atoms with Crippen LogP contribution in [0.1, 0.15) is 10.5 Å². The van der Waals surface area contributed by atoms with E-state index in [1.54, 1.807) is 18.2 Å². The van der Waals surface area contributed by atoms with Crippen molar-refractivity contribution in [3.8, 4) is 17.4 Å². The average molecular weight is 417 g/mol. The Labute approximate surface area is 168 Å². The molecule has 2 heterocycles. The summed E-state index contributed by atoms with van der Waals surface area (Å²) in [5.74, 6) is -0.947. The molecule has 0 atom stereocenters. The van der Waals surface area contributed by atoms with Crippen LogP contribution in [0.2, 0.25) is 5.02 Å². The first kappa shape index (κ1) is 18.3. The highest BCUT2D eigenvalue weighted by Gasteiger charge is 2.30. The van der Waals surface area contributed by atoms with Gasteiger partial charge in [-0.25, -0.2) is 4.98 Å². The summed E-state index contributed by atoms with van der Waals surface area (Å²) in [5.41, 5.74) is 1.83. The van der Waals surface area contributed by atoms with Crippen molar-refractivity contribution in [1.29, 1.82) is 0 Å². The van der Waals surface area contributed by atoms with Gasteiger partial charge in [0.2, 0.25) is 5.78 Å². The Balaban J connectivity index is 1.61. The summed E-state index contributed by atoms with van der Waals surface area (Å²) < 4.78 is 11.1. The van der Waals surface area contributed by atoms with E-state index >= 15 is 0 Å². The van der Waals surface area contributed by atoms with Crippen molar-refractivity contribution in [2.75, 3.05) is 12.9 Å². The van der Waals surface area contributed by atoms with Gasteiger partial charge in [0, 0.05) is 17.2 Å². The Morgan fingerprint density at radius 2 is 2.18 bits per heavy atom. The number of rotatable bonds is 6. The normalized spacial score (nSPS) is 11.1. The molecule has 2 aromatic carbocycles. The number of ketones is 1. The van der Waals surface area contributed by atoms with E-state index in [1.165, 1.54) is 18.9 Å². The highest BCUT2D eigenvalue weighted by molar-refractivity contribution is 7.99. The van der Waals surface area contributed by atoms with E-state index < -0.39 is 11.7 Å². The van der Waals surface area contributed by atoms with Crippen molar-refractivity contribution >= 4 is 40.2 Å². The SMILES string of the molecule is COc1cc(Cl)ccc1-[n+]1noc([O-])c1C(=O)CSc1nc2ccccc2[nH]1. The molecule has 2 aromatic heterocycles. The predicted molar refractivity (Wildman–Crippen MR) is 100 cm³/mol. The minimum absolute atomic E-state index is 0.0216. The van der Waals surface area contributed by atoms with Crippen LogP contribution in [0.5, 0.6) is 11.7 Å². The van der Waals surface area contributed by atoms with Crippen LogP contribution in [0.4, 0.5) is 0 Å². The lowest BCUT2D eigenvalue weighted by molar-refractivity contribution is -0.672. The minimum atomic E-state index is -0.827. The summed E-state index contributed by atoms with van der Waals surface area (Å²) in [6, 6.07) is 12.3. The van der Waals surface area contributed by atoms with Gasteiger partial charge in [-0.05, 0) is 22.9 Å². The van der Waals surface area contributed by atoms with Crippen molar-refractivity contribution in [2.45, 2.75) is 5.16 Å². The summed E-state index contributed by atoms with van der Waals surface area (Å²) >= 11 is 7.15. The Morgan fingerprint density at radius 1 is 1.36 bits per heavy atom. The van der Waals surface area contributed by atoms with E-state index in [4.69, 9.17) is 20.9 Å². The maximum atomic E-state index is 12.7. The molecule has 0 saturated carbocycles. The highest BCUT2D eigenvalue weighted by Crippen LogP contribution is 2.25. The van der Waals surface area contributed by atoms with Gasteiger partial charge >= 0.3 is 5.69 Å². The van der Waals surface area contributed by atoms with Crippen molar-refractivity contribution in [1.82, 2.24) is 15.2 Å². The van der Waals surface area contributed by atoms with Crippen LogP contribution in [0.25, 0.3) is 16.7 Å². The zero-order valence-corrected chi connectivity index (χ0v) is 16.1. The number of imidazole rings is 1. The molecule has 28 heavy (non-hydrogen) atoms. The fraction of sp³-hybridized carbons (Fsp3) is 0.111. The number of carbonyl (C=O) groups is 1. The largest absolute Gasteiger partial charge is 0.539 e. The predicted octanol–water partition coefficient (Wildman–Crippen LogP) is 2.54. The second-order valence-corrected chi connectivity index (χ2v) is 7.11. The van der Waals surface area contributed by atoms with Crippen LogP contribution < -0.4 is 14.5 Å². The number of carbonyl (C=O) groups excluding carboxylic acids is 1. The van der Waals surface area contributed by atoms with Crippen LogP contribution >= 0.6 is 23.4 Å². The van der Waals surface area contributed by atoms with E-state index in [2.05, 4.69) is 15.2 Å². The quantitative estimate of drug-likeness (QED) is 0.292. The van der Waals surface area contributed by atoms with Gasteiger partial charge in [0.05, 0.1) is 29.2 Å². The molecule has 0 saturated heterocycles. The number of Topliss-reactive ketones (excluding diaryl/α,β-unsaturated/α-hetero) is 1. The molecule has 1 N–H and O–H groups in total. The van der Waals surface area contributed by atoms with Gasteiger partial charge in [-0.15, -0.1) is 0 Å². The number of benzene rings is 2. The number of ether oxygens (including phenoxy) is 1. The van der Waals surface area contributed by atoms with Gasteiger partial charge in [0.1, 0.15) is 0 Å². The first-order valence-electron chi connectivity index (χ1n) is 8.10. The smallest absolute Gasteiger partial charge is 0.307 e. The molecule has 8 nitrogen and oxygen atoms in total. The Kier molecular flexibility index (Phi) is 4.93. The van der Waals surface area contributed by atoms with E-state index in [9.17, 15) is 9.90 Å². The summed E-state index contributed by atoms with van der Waals surface area (Å²) in [4.78, 5) is 20.3. The number of fused-ring (bicyclic) bond motifs is 1. The van der Waals surface area contributed by atoms with Crippen molar-refractivity contribution < 1.29 is 23.8 Å². The molecule has 0 amide bonds. The molecule has 0 spiro atoms. The number of aromatic amines is 1. The molecule has 0 fully saturated rings. The maximum Gasteiger partial charge on any atom is 0.307 e. The van der Waals surface area contributed by atoms with E-state index in [1.807, 2.05) is 24.3 Å². The van der Waals surface area contributed by atoms with E-state index in [0.717, 1.165) is 15.7 Å². The number of hydrogen-bond acceptors (Lipinski definition) is 7. The fourth-order valence-electron chi connectivity index (χ4n) is 2.67. The van der Waals surface area contributed by atoms with Gasteiger partial charge in [-0.2, -0.15) is 0 Å². The molecule has 0 aliphatic rings. The maximum absolute atomic E-state index is 12.7. The average Bonchev–Trinajstić information content (AvgIpc) is 3.29. The van der Waals surface area contributed by atoms with Gasteiger partial charge < -0.3 is 19.4 Å². The fourth-order valence-corrected chi connectivity index (χ4v) is 3.58. The summed E-state index contributed by atoms with van der Waals surface area (Å²) in [7, 11) is 1.45. The number of nitrogens with one attached hydrogen (secondary N) is 1. The van der Waals surface area contributed by atoms with Crippen molar-refractivity contribution in [3.63, 3.8) is 0 Å². The van der Waals surface area contributed by atoms with Crippen molar-refractivity contribution in [2.24, 2.45) is 0 Å².